The molecule has 0 bridgehead atoms. The van der Waals surface area contributed by atoms with Gasteiger partial charge in [-0.15, -0.1) is 0 Å². The highest BCUT2D eigenvalue weighted by atomic mass is 16.1. The molecule has 0 amide bonds. The van der Waals surface area contributed by atoms with Gasteiger partial charge in [0.2, 0.25) is 0 Å². The summed E-state index contributed by atoms with van der Waals surface area (Å²) in [7, 11) is 0. The molecule has 0 aromatic heterocycles. The zero-order valence-corrected chi connectivity index (χ0v) is 9.92. The number of carbonyl (C=O) groups is 1. The zero-order valence-electron chi connectivity index (χ0n) is 9.92. The average molecular weight is 197 g/mol. The smallest absolute Gasteiger partial charge is 0.149 e. The van der Waals surface area contributed by atoms with Crippen molar-refractivity contribution in [3.63, 3.8) is 0 Å². The molecule has 14 heavy (non-hydrogen) atoms. The normalized spacial score (nSPS) is 9.14. The monoisotopic (exact) mass is 197 g/mol. The molecule has 0 aliphatic carbocycles. The van der Waals surface area contributed by atoms with Crippen molar-refractivity contribution >= 4 is 5.78 Å². The first-order valence-electron chi connectivity index (χ1n) is 5.23. The fourth-order valence-electron chi connectivity index (χ4n) is 0.962. The Labute approximate surface area is 88.3 Å². The van der Waals surface area contributed by atoms with Crippen LogP contribution in [0.5, 0.6) is 0 Å². The molecule has 0 aromatic carbocycles. The summed E-state index contributed by atoms with van der Waals surface area (Å²) in [5.41, 5.74) is 0. The van der Waals surface area contributed by atoms with Gasteiger partial charge in [0.05, 0.1) is 6.54 Å². The van der Waals surface area contributed by atoms with E-state index in [9.17, 15) is 4.79 Å². The molecule has 0 aliphatic heterocycles. The van der Waals surface area contributed by atoms with Crippen LogP contribution in [-0.4, -0.2) is 23.8 Å². The van der Waals surface area contributed by atoms with E-state index in [1.54, 1.807) is 13.0 Å². The third kappa shape index (κ3) is 11.0. The molecular formula is C12H23NO. The van der Waals surface area contributed by atoms with E-state index in [1.807, 2.05) is 31.0 Å². The van der Waals surface area contributed by atoms with Crippen LogP contribution in [0, 0.1) is 0 Å². The number of ketones is 1. The van der Waals surface area contributed by atoms with E-state index in [1.165, 1.54) is 0 Å². The molecule has 0 radical (unpaired) electrons. The molecule has 0 atom stereocenters. The second-order valence-corrected chi connectivity index (χ2v) is 2.75. The zero-order chi connectivity index (χ0) is 11.4. The fraction of sp³-hybridized carbons (Fsp3) is 0.583. The number of hydrogen-bond donors (Lipinski definition) is 0. The summed E-state index contributed by atoms with van der Waals surface area (Å²) in [4.78, 5) is 12.8. The van der Waals surface area contributed by atoms with E-state index in [4.69, 9.17) is 0 Å². The third-order valence-corrected chi connectivity index (χ3v) is 1.37. The summed E-state index contributed by atoms with van der Waals surface area (Å²) in [5.74, 6) is 0.192. The maximum absolute atomic E-state index is 10.8. The maximum atomic E-state index is 10.8. The van der Waals surface area contributed by atoms with Crippen molar-refractivity contribution in [2.24, 2.45) is 0 Å². The molecular weight excluding hydrogens is 174 g/mol. The molecule has 0 unspecified atom stereocenters. The van der Waals surface area contributed by atoms with Gasteiger partial charge in [-0.2, -0.15) is 0 Å². The molecule has 0 rings (SSSR count). The molecule has 82 valence electrons. The first-order chi connectivity index (χ1) is 6.70. The number of allylic oxidation sites excluding steroid dienone is 2. The van der Waals surface area contributed by atoms with Crippen LogP contribution in [0.3, 0.4) is 0 Å². The SMILES string of the molecule is C=C/C=C\N(CCC)CC(C)=O.CC. The number of nitrogens with zero attached hydrogens (tertiary/aromatic N) is 1. The summed E-state index contributed by atoms with van der Waals surface area (Å²) in [5, 5.41) is 0. The second-order valence-electron chi connectivity index (χ2n) is 2.75. The van der Waals surface area contributed by atoms with Gasteiger partial charge in [0.1, 0.15) is 5.78 Å². The van der Waals surface area contributed by atoms with Crippen molar-refractivity contribution in [2.75, 3.05) is 13.1 Å². The van der Waals surface area contributed by atoms with Gasteiger partial charge in [-0.1, -0.05) is 33.4 Å². The van der Waals surface area contributed by atoms with Crippen molar-refractivity contribution in [1.82, 2.24) is 4.90 Å². The quantitative estimate of drug-likeness (QED) is 0.610. The van der Waals surface area contributed by atoms with Crippen LogP contribution in [0.4, 0.5) is 0 Å². The molecule has 0 spiro atoms. The Morgan fingerprint density at radius 3 is 2.36 bits per heavy atom. The number of Topliss-reactive ketones (excluding diaryl/α,β-unsaturated/α-hetero) is 1. The fourth-order valence-corrected chi connectivity index (χ4v) is 0.962. The van der Waals surface area contributed by atoms with Crippen LogP contribution in [0.2, 0.25) is 0 Å². The number of rotatable bonds is 6. The topological polar surface area (TPSA) is 20.3 Å². The lowest BCUT2D eigenvalue weighted by Gasteiger charge is -2.16. The first kappa shape index (κ1) is 15.4. The highest BCUT2D eigenvalue weighted by molar-refractivity contribution is 5.77. The van der Waals surface area contributed by atoms with Gasteiger partial charge >= 0.3 is 0 Å². The molecule has 0 heterocycles. The van der Waals surface area contributed by atoms with Crippen LogP contribution < -0.4 is 0 Å². The lowest BCUT2D eigenvalue weighted by molar-refractivity contribution is -0.117. The van der Waals surface area contributed by atoms with E-state index in [0.717, 1.165) is 13.0 Å². The Morgan fingerprint density at radius 1 is 1.43 bits per heavy atom. The summed E-state index contributed by atoms with van der Waals surface area (Å²) in [6.07, 6.45) is 6.51. The standard InChI is InChI=1S/C10H17NO.C2H6/c1-4-6-8-11(7-5-2)9-10(3)12;1-2/h4,6,8H,1,5,7,9H2,2-3H3;1-2H3/b8-6-;. The average Bonchev–Trinajstić information content (AvgIpc) is 2.17. The van der Waals surface area contributed by atoms with Gasteiger partial charge in [0.15, 0.2) is 0 Å². The van der Waals surface area contributed by atoms with Crippen molar-refractivity contribution < 1.29 is 4.79 Å². The second kappa shape index (κ2) is 11.9. The lowest BCUT2D eigenvalue weighted by Crippen LogP contribution is -2.24. The molecule has 2 nitrogen and oxygen atoms in total. The van der Waals surface area contributed by atoms with Gasteiger partial charge in [-0.05, 0) is 25.6 Å². The molecule has 0 saturated heterocycles. The third-order valence-electron chi connectivity index (χ3n) is 1.37. The largest absolute Gasteiger partial charge is 0.370 e. The molecule has 0 aromatic rings. The van der Waals surface area contributed by atoms with Crippen molar-refractivity contribution in [2.45, 2.75) is 34.1 Å². The molecule has 2 heteroatoms. The molecule has 0 N–H and O–H groups in total. The summed E-state index contributed by atoms with van der Waals surface area (Å²) < 4.78 is 0. The van der Waals surface area contributed by atoms with Crippen molar-refractivity contribution in [3.05, 3.63) is 24.9 Å². The minimum absolute atomic E-state index is 0.192. The van der Waals surface area contributed by atoms with Crippen LogP contribution in [0.15, 0.2) is 24.9 Å². The van der Waals surface area contributed by atoms with Gasteiger partial charge in [-0.3, -0.25) is 4.79 Å². The van der Waals surface area contributed by atoms with E-state index < -0.39 is 0 Å². The van der Waals surface area contributed by atoms with E-state index in [-0.39, 0.29) is 5.78 Å². The predicted octanol–water partition coefficient (Wildman–Crippen LogP) is 3.01. The minimum Gasteiger partial charge on any atom is -0.370 e. The van der Waals surface area contributed by atoms with Crippen molar-refractivity contribution in [3.8, 4) is 0 Å². The molecule has 0 saturated carbocycles. The molecule has 0 aliphatic rings. The molecule has 0 fully saturated rings. The first-order valence-corrected chi connectivity index (χ1v) is 5.23. The predicted molar refractivity (Wildman–Crippen MR) is 63.2 cm³/mol. The van der Waals surface area contributed by atoms with E-state index in [2.05, 4.69) is 13.5 Å². The number of hydrogen-bond acceptors (Lipinski definition) is 2. The van der Waals surface area contributed by atoms with Crippen molar-refractivity contribution in [1.29, 1.82) is 0 Å². The Kier molecular flexibility index (Phi) is 13.2. The highest BCUT2D eigenvalue weighted by Crippen LogP contribution is 1.93. The van der Waals surface area contributed by atoms with Crippen LogP contribution in [0.25, 0.3) is 0 Å². The Balaban J connectivity index is 0. The van der Waals surface area contributed by atoms with E-state index in [0.29, 0.717) is 6.54 Å². The van der Waals surface area contributed by atoms with Gasteiger partial charge in [0.25, 0.3) is 0 Å². The maximum Gasteiger partial charge on any atom is 0.149 e. The Hall–Kier alpha value is -1.05. The minimum atomic E-state index is 0.192. The Morgan fingerprint density at radius 2 is 2.00 bits per heavy atom. The van der Waals surface area contributed by atoms with Crippen LogP contribution in [0.1, 0.15) is 34.1 Å². The van der Waals surface area contributed by atoms with Crippen LogP contribution >= 0.6 is 0 Å². The lowest BCUT2D eigenvalue weighted by atomic mass is 10.3. The Bertz CT molecular complexity index is 173. The van der Waals surface area contributed by atoms with E-state index >= 15 is 0 Å². The summed E-state index contributed by atoms with van der Waals surface area (Å²) in [6.45, 7) is 12.7. The summed E-state index contributed by atoms with van der Waals surface area (Å²) in [6, 6.07) is 0. The van der Waals surface area contributed by atoms with Gasteiger partial charge in [-0.25, -0.2) is 0 Å². The number of carbonyl (C=O) groups excluding carboxylic acids is 1. The van der Waals surface area contributed by atoms with Gasteiger partial charge < -0.3 is 4.90 Å². The van der Waals surface area contributed by atoms with Gasteiger partial charge in [0, 0.05) is 6.54 Å². The van der Waals surface area contributed by atoms with Crippen LogP contribution in [-0.2, 0) is 4.79 Å². The summed E-state index contributed by atoms with van der Waals surface area (Å²) >= 11 is 0. The highest BCUT2D eigenvalue weighted by Gasteiger charge is 1.99.